The average molecular weight is 251 g/mol. The fourth-order valence-electron chi connectivity index (χ4n) is 2.44. The largest absolute Gasteiger partial charge is 0.397 e. The van der Waals surface area contributed by atoms with Crippen LogP contribution in [-0.2, 0) is 6.54 Å². The first-order valence-corrected chi connectivity index (χ1v) is 6.54. The van der Waals surface area contributed by atoms with Gasteiger partial charge in [-0.2, -0.15) is 0 Å². The van der Waals surface area contributed by atoms with E-state index in [9.17, 15) is 9.90 Å². The van der Waals surface area contributed by atoms with Gasteiger partial charge in [-0.3, -0.25) is 4.79 Å². The minimum absolute atomic E-state index is 0.0288. The molecule has 18 heavy (non-hydrogen) atoms. The lowest BCUT2D eigenvalue weighted by Gasteiger charge is -2.30. The zero-order chi connectivity index (χ0) is 13.1. The number of nitrogens with two attached hydrogens (primary N) is 1. The number of aromatic nitrogens is 1. The topological polar surface area (TPSA) is 71.5 Å². The Balaban J connectivity index is 2.17. The van der Waals surface area contributed by atoms with Crippen molar-refractivity contribution in [3.63, 3.8) is 0 Å². The van der Waals surface area contributed by atoms with E-state index in [2.05, 4.69) is 6.92 Å². The van der Waals surface area contributed by atoms with Crippen LogP contribution >= 0.6 is 0 Å². The number of β-amino-alcohol motifs (C(OH)–C–C–N with tert-alkyl or cyclic N) is 1. The molecule has 2 heterocycles. The summed E-state index contributed by atoms with van der Waals surface area (Å²) in [5, 5.41) is 9.63. The zero-order valence-corrected chi connectivity index (χ0v) is 10.8. The van der Waals surface area contributed by atoms with Crippen LogP contribution in [0, 0.1) is 0 Å². The second-order valence-electron chi connectivity index (χ2n) is 4.90. The number of likely N-dealkylation sites (tertiary alicyclic amines) is 1. The maximum atomic E-state index is 12.4. The molecule has 1 aromatic heterocycles. The van der Waals surface area contributed by atoms with Crippen molar-refractivity contribution in [2.75, 3.05) is 18.8 Å². The number of nitrogens with zero attached hydrogens (tertiary/aromatic N) is 2. The van der Waals surface area contributed by atoms with Crippen molar-refractivity contribution in [1.29, 1.82) is 0 Å². The quantitative estimate of drug-likeness (QED) is 0.844. The van der Waals surface area contributed by atoms with E-state index in [-0.39, 0.29) is 5.91 Å². The fourth-order valence-corrected chi connectivity index (χ4v) is 2.44. The van der Waals surface area contributed by atoms with Gasteiger partial charge in [-0.25, -0.2) is 0 Å². The van der Waals surface area contributed by atoms with E-state index in [0.717, 1.165) is 25.8 Å². The number of nitrogen functional groups attached to an aromatic ring is 1. The molecule has 0 bridgehead atoms. The summed E-state index contributed by atoms with van der Waals surface area (Å²) in [5.41, 5.74) is 7.01. The van der Waals surface area contributed by atoms with Crippen LogP contribution in [0.2, 0.25) is 0 Å². The van der Waals surface area contributed by atoms with Crippen LogP contribution in [0.25, 0.3) is 0 Å². The molecule has 0 aliphatic carbocycles. The molecule has 1 aliphatic heterocycles. The van der Waals surface area contributed by atoms with Crippen molar-refractivity contribution >= 4 is 11.6 Å². The van der Waals surface area contributed by atoms with E-state index >= 15 is 0 Å². The number of piperidine rings is 1. The summed E-state index contributed by atoms with van der Waals surface area (Å²) in [4.78, 5) is 14.1. The number of hydrogen-bond donors (Lipinski definition) is 2. The summed E-state index contributed by atoms with van der Waals surface area (Å²) >= 11 is 0. The van der Waals surface area contributed by atoms with E-state index in [0.29, 0.717) is 24.5 Å². The second-order valence-corrected chi connectivity index (χ2v) is 4.90. The molecule has 1 amide bonds. The summed E-state index contributed by atoms with van der Waals surface area (Å²) in [6, 6.07) is 1.72. The molecule has 1 atom stereocenters. The van der Waals surface area contributed by atoms with Gasteiger partial charge in [-0.1, -0.05) is 6.92 Å². The molecule has 5 nitrogen and oxygen atoms in total. The molecule has 5 heteroatoms. The lowest BCUT2D eigenvalue weighted by molar-refractivity contribution is 0.0465. The zero-order valence-electron chi connectivity index (χ0n) is 10.8. The minimum Gasteiger partial charge on any atom is -0.397 e. The third kappa shape index (κ3) is 2.67. The molecule has 3 N–H and O–H groups in total. The van der Waals surface area contributed by atoms with Gasteiger partial charge in [0.2, 0.25) is 0 Å². The summed E-state index contributed by atoms with van der Waals surface area (Å²) in [6.45, 7) is 3.99. The van der Waals surface area contributed by atoms with Crippen molar-refractivity contribution < 1.29 is 9.90 Å². The summed E-state index contributed by atoms with van der Waals surface area (Å²) in [7, 11) is 0. The number of carbonyl (C=O) groups excluding carboxylic acids is 1. The SMILES string of the molecule is CCCn1cc(N)cc1C(=O)N1CCCC(O)C1. The highest BCUT2D eigenvalue weighted by Crippen LogP contribution is 2.17. The number of rotatable bonds is 3. The highest BCUT2D eigenvalue weighted by molar-refractivity contribution is 5.94. The van der Waals surface area contributed by atoms with E-state index < -0.39 is 6.10 Å². The Hall–Kier alpha value is -1.49. The first kappa shape index (κ1) is 13.0. The highest BCUT2D eigenvalue weighted by atomic mass is 16.3. The Bertz CT molecular complexity index is 428. The molecule has 1 aliphatic rings. The van der Waals surface area contributed by atoms with Crippen molar-refractivity contribution in [3.05, 3.63) is 18.0 Å². The molecule has 0 radical (unpaired) electrons. The van der Waals surface area contributed by atoms with Crippen molar-refractivity contribution in [2.45, 2.75) is 38.8 Å². The van der Waals surface area contributed by atoms with E-state index in [1.165, 1.54) is 0 Å². The summed E-state index contributed by atoms with van der Waals surface area (Å²) in [6.07, 6.45) is 4.00. The molecule has 1 fully saturated rings. The lowest BCUT2D eigenvalue weighted by Crippen LogP contribution is -2.42. The highest BCUT2D eigenvalue weighted by Gasteiger charge is 2.25. The smallest absolute Gasteiger partial charge is 0.270 e. The van der Waals surface area contributed by atoms with Gasteiger partial charge in [-0.15, -0.1) is 0 Å². The standard InChI is InChI=1S/C13H21N3O2/c1-2-5-15-8-10(14)7-12(15)13(18)16-6-3-4-11(17)9-16/h7-8,11,17H,2-6,9,14H2,1H3. The molecule has 0 spiro atoms. The molecule has 1 aromatic rings. The van der Waals surface area contributed by atoms with Gasteiger partial charge in [-0.05, 0) is 25.3 Å². The molecule has 2 rings (SSSR count). The average Bonchev–Trinajstić information content (AvgIpc) is 2.70. The van der Waals surface area contributed by atoms with Gasteiger partial charge in [0.1, 0.15) is 5.69 Å². The Kier molecular flexibility index (Phi) is 3.91. The van der Waals surface area contributed by atoms with Crippen molar-refractivity contribution in [3.8, 4) is 0 Å². The molecule has 1 saturated heterocycles. The van der Waals surface area contributed by atoms with Gasteiger partial charge < -0.3 is 20.3 Å². The van der Waals surface area contributed by atoms with Crippen LogP contribution in [0.4, 0.5) is 5.69 Å². The monoisotopic (exact) mass is 251 g/mol. The van der Waals surface area contributed by atoms with Crippen molar-refractivity contribution in [2.24, 2.45) is 0 Å². The maximum Gasteiger partial charge on any atom is 0.270 e. The number of aliphatic hydroxyl groups excluding tert-OH is 1. The van der Waals surface area contributed by atoms with Crippen LogP contribution in [0.1, 0.15) is 36.7 Å². The third-order valence-corrected chi connectivity index (χ3v) is 3.29. The Labute approximate surface area is 107 Å². The van der Waals surface area contributed by atoms with E-state index in [1.807, 2.05) is 4.57 Å². The number of aliphatic hydroxyl groups is 1. The third-order valence-electron chi connectivity index (χ3n) is 3.29. The number of amides is 1. The van der Waals surface area contributed by atoms with Crippen LogP contribution in [0.5, 0.6) is 0 Å². The van der Waals surface area contributed by atoms with Crippen molar-refractivity contribution in [1.82, 2.24) is 9.47 Å². The van der Waals surface area contributed by atoms with Gasteiger partial charge in [0.15, 0.2) is 0 Å². The normalized spacial score (nSPS) is 20.1. The van der Waals surface area contributed by atoms with Crippen LogP contribution in [0.15, 0.2) is 12.3 Å². The van der Waals surface area contributed by atoms with E-state index in [4.69, 9.17) is 5.73 Å². The second kappa shape index (κ2) is 5.44. The number of carbonyl (C=O) groups is 1. The van der Waals surface area contributed by atoms with Crippen LogP contribution in [-0.4, -0.2) is 39.7 Å². The number of hydrogen-bond acceptors (Lipinski definition) is 3. The molecule has 0 aromatic carbocycles. The Morgan fingerprint density at radius 3 is 3.06 bits per heavy atom. The first-order valence-electron chi connectivity index (χ1n) is 6.54. The van der Waals surface area contributed by atoms with Gasteiger partial charge in [0.25, 0.3) is 5.91 Å². The first-order chi connectivity index (χ1) is 8.61. The number of aryl methyl sites for hydroxylation is 1. The Morgan fingerprint density at radius 2 is 2.39 bits per heavy atom. The summed E-state index contributed by atoms with van der Waals surface area (Å²) < 4.78 is 1.90. The molecular weight excluding hydrogens is 230 g/mol. The lowest BCUT2D eigenvalue weighted by atomic mass is 10.1. The molecular formula is C13H21N3O2. The predicted molar refractivity (Wildman–Crippen MR) is 70.3 cm³/mol. The minimum atomic E-state index is -0.394. The van der Waals surface area contributed by atoms with Gasteiger partial charge in [0.05, 0.1) is 11.8 Å². The molecule has 0 saturated carbocycles. The van der Waals surface area contributed by atoms with Crippen LogP contribution in [0.3, 0.4) is 0 Å². The fraction of sp³-hybridized carbons (Fsp3) is 0.615. The predicted octanol–water partition coefficient (Wildman–Crippen LogP) is 1.08. The van der Waals surface area contributed by atoms with E-state index in [1.54, 1.807) is 17.2 Å². The summed E-state index contributed by atoms with van der Waals surface area (Å²) in [5.74, 6) is -0.0288. The maximum absolute atomic E-state index is 12.4. The molecule has 1 unspecified atom stereocenters. The Morgan fingerprint density at radius 1 is 1.61 bits per heavy atom. The number of anilines is 1. The molecule has 100 valence electrons. The van der Waals surface area contributed by atoms with Gasteiger partial charge in [0, 0.05) is 25.8 Å². The van der Waals surface area contributed by atoms with Crippen LogP contribution < -0.4 is 5.73 Å². The van der Waals surface area contributed by atoms with Gasteiger partial charge >= 0.3 is 0 Å².